The fourth-order valence-electron chi connectivity index (χ4n) is 6.36. The molecular formula is C27H31N8O5+. The molecule has 13 heteroatoms. The predicted octanol–water partition coefficient (Wildman–Crippen LogP) is -3.33. The molecule has 4 heterocycles. The number of nitrogens with two attached hydrogens (primary N) is 2. The van der Waals surface area contributed by atoms with E-state index in [1.165, 1.54) is 4.90 Å². The first-order valence-corrected chi connectivity index (χ1v) is 13.1. The van der Waals surface area contributed by atoms with E-state index < -0.39 is 35.5 Å². The summed E-state index contributed by atoms with van der Waals surface area (Å²) in [4.78, 5) is 48.3. The van der Waals surface area contributed by atoms with Crippen molar-refractivity contribution in [2.75, 3.05) is 13.1 Å². The molecule has 1 spiro atoms. The Morgan fingerprint density at radius 1 is 1.10 bits per heavy atom. The van der Waals surface area contributed by atoms with E-state index in [2.05, 4.69) is 20.6 Å². The summed E-state index contributed by atoms with van der Waals surface area (Å²) in [6.07, 6.45) is 0.212. The summed E-state index contributed by atoms with van der Waals surface area (Å²) in [5.74, 6) is -3.80. The standard InChI is InChI=1S/C27H30N8O5/c1-14-6-2-3-7-15(14)16-8-4-5-9-17(16)23(38)31-19-13-35-25(29)30-18(12-34-20(36)10-11-21(34)37)22-26(35,27(19,39)40)33-24(28)32-22/h2-9,18-19,22,39-40H,10-13H2,1H3,(H2,29,30)(H,31,38)(H3,28,32,33)/p+1/t18-,19?,22-,26?/m0/s1. The lowest BCUT2D eigenvalue weighted by atomic mass is 9.84. The zero-order valence-electron chi connectivity index (χ0n) is 21.8. The van der Waals surface area contributed by atoms with Crippen molar-refractivity contribution in [1.29, 1.82) is 0 Å². The number of imide groups is 1. The van der Waals surface area contributed by atoms with Crippen LogP contribution >= 0.6 is 0 Å². The van der Waals surface area contributed by atoms with Gasteiger partial charge in [-0.25, -0.2) is 10.3 Å². The number of carbonyl (C=O) groups is 3. The first-order valence-electron chi connectivity index (χ1n) is 13.1. The number of aliphatic imine (C=N–C) groups is 1. The first-order chi connectivity index (χ1) is 19.0. The van der Waals surface area contributed by atoms with E-state index in [1.807, 2.05) is 43.3 Å². The number of hydrogen-bond acceptors (Lipinski definition) is 10. The van der Waals surface area contributed by atoms with Crippen LogP contribution in [0.3, 0.4) is 0 Å². The number of nitrogens with zero attached hydrogens (tertiary/aromatic N) is 3. The van der Waals surface area contributed by atoms with Crippen molar-refractivity contribution in [3.63, 3.8) is 0 Å². The predicted molar refractivity (Wildman–Crippen MR) is 143 cm³/mol. The third-order valence-corrected chi connectivity index (χ3v) is 8.32. The summed E-state index contributed by atoms with van der Waals surface area (Å²) in [5.41, 5.74) is 13.6. The second-order valence-corrected chi connectivity index (χ2v) is 10.6. The monoisotopic (exact) mass is 547 g/mol. The lowest BCUT2D eigenvalue weighted by Gasteiger charge is -2.46. The van der Waals surface area contributed by atoms with Gasteiger partial charge < -0.3 is 21.3 Å². The minimum Gasteiger partial charge on any atom is -0.370 e. The SMILES string of the molecule is Cc1ccccc1-c1ccccc1C(=O)NC1CN2C(N)=N[C@@H](CN3C(=O)CCC3=O)[C@@H]3[NH+]=C(N)NC32C1(O)O. The molecule has 2 fully saturated rings. The van der Waals surface area contributed by atoms with Gasteiger partial charge in [-0.1, -0.05) is 42.5 Å². The Balaban J connectivity index is 1.32. The number of benzene rings is 2. The van der Waals surface area contributed by atoms with E-state index >= 15 is 0 Å². The van der Waals surface area contributed by atoms with Crippen molar-refractivity contribution in [2.45, 2.75) is 49.3 Å². The van der Waals surface area contributed by atoms with Crippen LogP contribution in [-0.4, -0.2) is 92.3 Å². The quantitative estimate of drug-likeness (QED) is 0.148. The molecule has 4 atom stereocenters. The van der Waals surface area contributed by atoms with E-state index in [0.29, 0.717) is 11.1 Å². The van der Waals surface area contributed by atoms with Crippen LogP contribution in [0.2, 0.25) is 0 Å². The van der Waals surface area contributed by atoms with Crippen molar-refractivity contribution in [3.8, 4) is 11.1 Å². The normalized spacial score (nSPS) is 28.5. The summed E-state index contributed by atoms with van der Waals surface area (Å²) in [6, 6.07) is 11.8. The van der Waals surface area contributed by atoms with Crippen molar-refractivity contribution >= 4 is 29.6 Å². The molecule has 0 saturated carbocycles. The van der Waals surface area contributed by atoms with Crippen LogP contribution in [0.4, 0.5) is 0 Å². The lowest BCUT2D eigenvalue weighted by molar-refractivity contribution is -0.521. The summed E-state index contributed by atoms with van der Waals surface area (Å²) in [5, 5.41) is 29.2. The smallest absolute Gasteiger partial charge is 0.343 e. The van der Waals surface area contributed by atoms with E-state index in [-0.39, 0.29) is 49.7 Å². The Bertz CT molecular complexity index is 1470. The van der Waals surface area contributed by atoms with Crippen LogP contribution in [-0.2, 0) is 9.59 Å². The number of guanidine groups is 2. The fraction of sp³-hybridized carbons (Fsp3) is 0.370. The number of aliphatic hydroxyl groups is 2. The van der Waals surface area contributed by atoms with E-state index in [4.69, 9.17) is 11.5 Å². The molecule has 0 aliphatic carbocycles. The summed E-state index contributed by atoms with van der Waals surface area (Å²) in [6.45, 7) is 1.73. The van der Waals surface area contributed by atoms with E-state index in [1.54, 1.807) is 12.1 Å². The molecule has 13 nitrogen and oxygen atoms in total. The summed E-state index contributed by atoms with van der Waals surface area (Å²) in [7, 11) is 0. The summed E-state index contributed by atoms with van der Waals surface area (Å²) >= 11 is 0. The molecule has 2 aromatic carbocycles. The Kier molecular flexibility index (Phi) is 5.82. The van der Waals surface area contributed by atoms with Crippen molar-refractivity contribution in [3.05, 3.63) is 59.7 Å². The van der Waals surface area contributed by atoms with Crippen LogP contribution in [0, 0.1) is 6.92 Å². The molecule has 0 radical (unpaired) electrons. The Morgan fingerprint density at radius 2 is 1.75 bits per heavy atom. The van der Waals surface area contributed by atoms with E-state index in [9.17, 15) is 24.6 Å². The van der Waals surface area contributed by atoms with Gasteiger partial charge in [0.25, 0.3) is 11.6 Å². The van der Waals surface area contributed by atoms with Gasteiger partial charge in [0.05, 0.1) is 13.1 Å². The fourth-order valence-corrected chi connectivity index (χ4v) is 6.36. The topological polar surface area (TPSA) is 201 Å². The second kappa shape index (κ2) is 9.03. The third-order valence-electron chi connectivity index (χ3n) is 8.32. The van der Waals surface area contributed by atoms with Crippen LogP contribution in [0.1, 0.15) is 28.8 Å². The maximum atomic E-state index is 13.6. The highest BCUT2D eigenvalue weighted by Gasteiger charge is 2.76. The van der Waals surface area contributed by atoms with Gasteiger partial charge >= 0.3 is 5.96 Å². The Hall–Kier alpha value is -4.49. The highest BCUT2D eigenvalue weighted by molar-refractivity contribution is 6.02. The maximum Gasteiger partial charge on any atom is 0.343 e. The first kappa shape index (κ1) is 25.8. The van der Waals surface area contributed by atoms with Gasteiger partial charge in [-0.3, -0.25) is 34.9 Å². The molecule has 2 unspecified atom stereocenters. The average molecular weight is 548 g/mol. The highest BCUT2D eigenvalue weighted by Crippen LogP contribution is 2.41. The van der Waals surface area contributed by atoms with Gasteiger partial charge in [-0.2, -0.15) is 0 Å². The Labute approximate surface area is 229 Å². The second-order valence-electron chi connectivity index (χ2n) is 10.6. The van der Waals surface area contributed by atoms with Gasteiger partial charge in [0.1, 0.15) is 12.1 Å². The number of nitrogens with one attached hydrogen (secondary N) is 3. The third kappa shape index (κ3) is 3.65. The minimum absolute atomic E-state index is 0.0355. The zero-order chi connectivity index (χ0) is 28.4. The van der Waals surface area contributed by atoms with Gasteiger partial charge in [0.2, 0.25) is 17.6 Å². The molecule has 208 valence electrons. The molecule has 2 saturated heterocycles. The van der Waals surface area contributed by atoms with Crippen LogP contribution in [0.5, 0.6) is 0 Å². The van der Waals surface area contributed by atoms with Crippen molar-refractivity contribution in [1.82, 2.24) is 20.4 Å². The molecule has 40 heavy (non-hydrogen) atoms. The Morgan fingerprint density at radius 3 is 2.45 bits per heavy atom. The number of hydrogen-bond donors (Lipinski definition) is 7. The van der Waals surface area contributed by atoms with Crippen molar-refractivity contribution in [2.24, 2.45) is 16.5 Å². The number of likely N-dealkylation sites (tertiary alicyclic amines) is 1. The highest BCUT2D eigenvalue weighted by atomic mass is 16.5. The number of aryl methyl sites for hydroxylation is 1. The molecule has 9 N–H and O–H groups in total. The van der Waals surface area contributed by atoms with Crippen LogP contribution < -0.4 is 27.1 Å². The zero-order valence-corrected chi connectivity index (χ0v) is 21.8. The van der Waals surface area contributed by atoms with Gasteiger partial charge in [0, 0.05) is 18.4 Å². The molecule has 4 aliphatic heterocycles. The molecule has 0 bridgehead atoms. The average Bonchev–Trinajstić information content (AvgIpc) is 3.52. The van der Waals surface area contributed by atoms with Gasteiger partial charge in [-0.15, -0.1) is 0 Å². The van der Waals surface area contributed by atoms with E-state index in [0.717, 1.165) is 16.0 Å². The molecule has 6 rings (SSSR count). The molecular weight excluding hydrogens is 516 g/mol. The van der Waals surface area contributed by atoms with Crippen molar-refractivity contribution < 1.29 is 29.6 Å². The number of amides is 3. The maximum absolute atomic E-state index is 13.6. The van der Waals surface area contributed by atoms with Crippen LogP contribution in [0.25, 0.3) is 11.1 Å². The molecule has 4 aliphatic rings. The lowest BCUT2D eigenvalue weighted by Crippen LogP contribution is -2.90. The number of carbonyl (C=O) groups excluding carboxylic acids is 3. The largest absolute Gasteiger partial charge is 0.370 e. The van der Waals surface area contributed by atoms with Crippen LogP contribution in [0.15, 0.2) is 53.5 Å². The molecule has 2 aromatic rings. The minimum atomic E-state index is -2.61. The molecule has 3 amide bonds. The van der Waals surface area contributed by atoms with Gasteiger partial charge in [0.15, 0.2) is 12.0 Å². The number of rotatable bonds is 5. The summed E-state index contributed by atoms with van der Waals surface area (Å²) < 4.78 is 0. The molecule has 0 aromatic heterocycles. The van der Waals surface area contributed by atoms with Gasteiger partial charge in [-0.05, 0) is 29.7 Å².